The summed E-state index contributed by atoms with van der Waals surface area (Å²) < 4.78 is 0. The molecule has 7 heteroatoms. The zero-order chi connectivity index (χ0) is 13.7. The van der Waals surface area contributed by atoms with Crippen molar-refractivity contribution in [1.29, 1.82) is 0 Å². The van der Waals surface area contributed by atoms with Crippen LogP contribution >= 0.6 is 11.8 Å². The summed E-state index contributed by atoms with van der Waals surface area (Å²) >= 11 is 1.51. The molecule has 2 aliphatic heterocycles. The predicted octanol–water partition coefficient (Wildman–Crippen LogP) is 0.0839. The summed E-state index contributed by atoms with van der Waals surface area (Å²) in [5.41, 5.74) is 2.66. The second-order valence-electron chi connectivity index (χ2n) is 4.31. The molecular weight excluding hydrogens is 264 g/mol. The van der Waals surface area contributed by atoms with Gasteiger partial charge in [-0.05, 0) is 6.26 Å². The zero-order valence-corrected chi connectivity index (χ0v) is 11.5. The van der Waals surface area contributed by atoms with Gasteiger partial charge in [-0.2, -0.15) is 11.8 Å². The molecule has 2 aliphatic rings. The number of thioether (sulfide) groups is 1. The van der Waals surface area contributed by atoms with Crippen LogP contribution in [0.1, 0.15) is 5.56 Å². The van der Waals surface area contributed by atoms with Crippen LogP contribution in [-0.2, 0) is 6.54 Å². The van der Waals surface area contributed by atoms with E-state index in [0.29, 0.717) is 18.8 Å². The summed E-state index contributed by atoms with van der Waals surface area (Å²) in [5.74, 6) is 0.529. The summed E-state index contributed by atoms with van der Waals surface area (Å²) in [6.45, 7) is 0.907. The lowest BCUT2D eigenvalue weighted by molar-refractivity contribution is 0.0347. The van der Waals surface area contributed by atoms with Gasteiger partial charge in [-0.25, -0.2) is 4.98 Å². The van der Waals surface area contributed by atoms with Crippen molar-refractivity contribution in [3.05, 3.63) is 24.3 Å². The Labute approximate surface area is 116 Å². The minimum absolute atomic E-state index is 0.341. The maximum absolute atomic E-state index is 9.73. The summed E-state index contributed by atoms with van der Waals surface area (Å²) in [6, 6.07) is 0. The lowest BCUT2D eigenvalue weighted by atomic mass is 10.2. The Balaban J connectivity index is 1.83. The van der Waals surface area contributed by atoms with Crippen LogP contribution in [0.3, 0.4) is 0 Å². The van der Waals surface area contributed by atoms with Crippen LogP contribution in [0.5, 0.6) is 0 Å². The first-order chi connectivity index (χ1) is 9.22. The third kappa shape index (κ3) is 3.66. The van der Waals surface area contributed by atoms with E-state index in [1.54, 1.807) is 18.7 Å². The van der Waals surface area contributed by atoms with E-state index in [1.165, 1.54) is 11.8 Å². The molecule has 19 heavy (non-hydrogen) atoms. The number of rotatable bonds is 7. The molecule has 2 atom stereocenters. The van der Waals surface area contributed by atoms with Crippen molar-refractivity contribution in [1.82, 2.24) is 20.3 Å². The highest BCUT2D eigenvalue weighted by Crippen LogP contribution is 2.20. The molecular formula is C12H18N4O2S. The maximum Gasteiger partial charge on any atom is 0.105 e. The number of hydrogen-bond acceptors (Lipinski definition) is 6. The number of nitrogens with one attached hydrogen (secondary N) is 2. The monoisotopic (exact) mass is 282 g/mol. The number of nitrogens with zero attached hydrogens (tertiary/aromatic N) is 2. The average molecular weight is 282 g/mol. The van der Waals surface area contributed by atoms with Gasteiger partial charge in [-0.15, -0.1) is 0 Å². The third-order valence-electron chi connectivity index (χ3n) is 2.84. The molecule has 0 unspecified atom stereocenters. The van der Waals surface area contributed by atoms with Crippen LogP contribution in [0.25, 0.3) is 11.4 Å². The highest BCUT2D eigenvalue weighted by Gasteiger charge is 2.16. The zero-order valence-electron chi connectivity index (χ0n) is 10.7. The molecule has 0 bridgehead atoms. The Morgan fingerprint density at radius 2 is 2.21 bits per heavy atom. The smallest absolute Gasteiger partial charge is 0.105 e. The molecule has 4 N–H and O–H groups in total. The van der Waals surface area contributed by atoms with E-state index in [9.17, 15) is 10.2 Å². The van der Waals surface area contributed by atoms with Gasteiger partial charge in [0, 0.05) is 36.8 Å². The van der Waals surface area contributed by atoms with Gasteiger partial charge in [0.05, 0.1) is 24.2 Å². The molecule has 0 amide bonds. The van der Waals surface area contributed by atoms with Gasteiger partial charge in [-0.1, -0.05) is 0 Å². The number of hydrogen-bond donors (Lipinski definition) is 4. The number of H-pyrrole nitrogens is 1. The molecule has 0 aromatic rings. The van der Waals surface area contributed by atoms with Gasteiger partial charge in [0.1, 0.15) is 5.69 Å². The normalized spacial score (nSPS) is 14.7. The molecule has 0 saturated heterocycles. The lowest BCUT2D eigenvalue weighted by Gasteiger charge is -2.17. The van der Waals surface area contributed by atoms with Crippen molar-refractivity contribution in [3.8, 4) is 11.4 Å². The first kappa shape index (κ1) is 14.3. The second kappa shape index (κ2) is 6.85. The molecule has 0 spiro atoms. The van der Waals surface area contributed by atoms with Crippen molar-refractivity contribution in [2.45, 2.75) is 18.8 Å². The fourth-order valence-electron chi connectivity index (χ4n) is 1.81. The molecule has 0 radical (unpaired) electrons. The van der Waals surface area contributed by atoms with Gasteiger partial charge >= 0.3 is 0 Å². The average Bonchev–Trinajstić information content (AvgIpc) is 2.82. The van der Waals surface area contributed by atoms with Gasteiger partial charge in [-0.3, -0.25) is 4.98 Å². The number of aliphatic hydroxyl groups is 2. The second-order valence-corrected chi connectivity index (χ2v) is 5.22. The summed E-state index contributed by atoms with van der Waals surface area (Å²) in [7, 11) is 0. The van der Waals surface area contributed by atoms with Crippen molar-refractivity contribution in [3.63, 3.8) is 0 Å². The van der Waals surface area contributed by atoms with E-state index in [4.69, 9.17) is 0 Å². The molecule has 0 aromatic heterocycles. The Kier molecular flexibility index (Phi) is 5.15. The molecule has 0 aromatic carbocycles. The first-order valence-corrected chi connectivity index (χ1v) is 7.44. The summed E-state index contributed by atoms with van der Waals surface area (Å²) in [4.78, 5) is 11.3. The lowest BCUT2D eigenvalue weighted by Crippen LogP contribution is -2.37. The van der Waals surface area contributed by atoms with Crippen LogP contribution in [0.4, 0.5) is 0 Å². The minimum Gasteiger partial charge on any atom is -0.390 e. The van der Waals surface area contributed by atoms with Crippen LogP contribution in [0.15, 0.2) is 18.7 Å². The van der Waals surface area contributed by atoms with Gasteiger partial charge < -0.3 is 20.5 Å². The van der Waals surface area contributed by atoms with E-state index < -0.39 is 12.2 Å². The third-order valence-corrected chi connectivity index (χ3v) is 3.52. The van der Waals surface area contributed by atoms with Gasteiger partial charge in [0.2, 0.25) is 0 Å². The number of fused-ring (bicyclic) bond motifs is 1. The minimum atomic E-state index is -0.761. The van der Waals surface area contributed by atoms with Gasteiger partial charge in [0.15, 0.2) is 0 Å². The standard InChI is InChI=1S/C12H18N4O2S/c1-19-6-11(18)10(17)5-13-2-8-3-15-9-4-14-7-16-12(8)9/h3-4,7,10-11,13,17-18H,2,5-6H2,1H3,(H,14,16)/t10-,11+/m0/s1. The Hall–Kier alpha value is -1.15. The topological polar surface area (TPSA) is 94.1 Å². The fourth-order valence-corrected chi connectivity index (χ4v) is 2.37. The Morgan fingerprint density at radius 3 is 3.00 bits per heavy atom. The predicted molar refractivity (Wildman–Crippen MR) is 75.1 cm³/mol. The molecule has 0 fully saturated rings. The van der Waals surface area contributed by atoms with Crippen molar-refractivity contribution < 1.29 is 10.2 Å². The summed E-state index contributed by atoms with van der Waals surface area (Å²) in [6.07, 6.45) is 5.61. The Bertz CT molecular complexity index is 479. The Morgan fingerprint density at radius 1 is 1.37 bits per heavy atom. The first-order valence-electron chi connectivity index (χ1n) is 6.04. The van der Waals surface area contributed by atoms with E-state index in [2.05, 4.69) is 20.3 Å². The van der Waals surface area contributed by atoms with E-state index in [-0.39, 0.29) is 0 Å². The quantitative estimate of drug-likeness (QED) is 0.575. The fraction of sp³-hybridized carbons (Fsp3) is 0.500. The molecule has 2 heterocycles. The molecule has 0 saturated carbocycles. The number of aliphatic hydroxyl groups excluding tert-OH is 2. The van der Waals surface area contributed by atoms with Crippen molar-refractivity contribution in [2.24, 2.45) is 0 Å². The van der Waals surface area contributed by atoms with Crippen LogP contribution in [0.2, 0.25) is 0 Å². The highest BCUT2D eigenvalue weighted by molar-refractivity contribution is 7.98. The van der Waals surface area contributed by atoms with Crippen molar-refractivity contribution in [2.75, 3.05) is 18.6 Å². The molecule has 2 rings (SSSR count). The van der Waals surface area contributed by atoms with Crippen LogP contribution < -0.4 is 5.32 Å². The number of aromatic amines is 1. The summed E-state index contributed by atoms with van der Waals surface area (Å²) in [5, 5.41) is 22.4. The molecule has 104 valence electrons. The van der Waals surface area contributed by atoms with E-state index in [1.807, 2.05) is 6.26 Å². The van der Waals surface area contributed by atoms with Crippen molar-refractivity contribution >= 4 is 11.8 Å². The van der Waals surface area contributed by atoms with E-state index in [0.717, 1.165) is 17.0 Å². The number of aromatic nitrogens is 3. The molecule has 6 nitrogen and oxygen atoms in total. The maximum atomic E-state index is 9.73. The SMILES string of the molecule is CSC[C@@H](O)[C@@H](O)CNCc1cnc2c[nH]cnc1-2. The molecule has 0 aliphatic carbocycles. The van der Waals surface area contributed by atoms with Gasteiger partial charge in [0.25, 0.3) is 0 Å². The van der Waals surface area contributed by atoms with Crippen LogP contribution in [0, 0.1) is 0 Å². The van der Waals surface area contributed by atoms with E-state index >= 15 is 0 Å². The van der Waals surface area contributed by atoms with Crippen LogP contribution in [-0.4, -0.2) is 55.9 Å². The largest absolute Gasteiger partial charge is 0.390 e. The highest BCUT2D eigenvalue weighted by atomic mass is 32.2.